The first kappa shape index (κ1) is 22.0. The van der Waals surface area contributed by atoms with Gasteiger partial charge in [0.2, 0.25) is 0 Å². The van der Waals surface area contributed by atoms with Gasteiger partial charge >= 0.3 is 6.18 Å². The molecule has 1 amide bonds. The summed E-state index contributed by atoms with van der Waals surface area (Å²) in [6, 6.07) is 12.4. The predicted molar refractivity (Wildman–Crippen MR) is 107 cm³/mol. The molecule has 162 valence electrons. The minimum absolute atomic E-state index is 0.00721. The number of amides is 1. The summed E-state index contributed by atoms with van der Waals surface area (Å²) >= 11 is 0. The van der Waals surface area contributed by atoms with Crippen LogP contribution in [0.15, 0.2) is 48.5 Å². The molecule has 0 bridgehead atoms. The Morgan fingerprint density at radius 3 is 2.57 bits per heavy atom. The third kappa shape index (κ3) is 5.44. The zero-order valence-corrected chi connectivity index (χ0v) is 17.0. The van der Waals surface area contributed by atoms with Gasteiger partial charge in [0.15, 0.2) is 6.10 Å². The van der Waals surface area contributed by atoms with Crippen molar-refractivity contribution >= 4 is 11.6 Å². The van der Waals surface area contributed by atoms with Crippen molar-refractivity contribution in [2.45, 2.75) is 25.7 Å². The molecule has 1 atom stereocenters. The molecule has 1 heterocycles. The summed E-state index contributed by atoms with van der Waals surface area (Å²) in [6.07, 6.45) is -5.39. The van der Waals surface area contributed by atoms with Crippen molar-refractivity contribution < 1.29 is 27.4 Å². The molecule has 0 aliphatic carbocycles. The van der Waals surface area contributed by atoms with Crippen molar-refractivity contribution in [2.75, 3.05) is 38.3 Å². The maximum atomic E-state index is 12.9. The molecule has 2 aromatic rings. The highest BCUT2D eigenvalue weighted by Crippen LogP contribution is 2.31. The first-order valence-corrected chi connectivity index (χ1v) is 9.75. The summed E-state index contributed by atoms with van der Waals surface area (Å²) < 4.78 is 49.6. The lowest BCUT2D eigenvalue weighted by Gasteiger charge is -2.31. The number of alkyl halides is 3. The number of likely N-dealkylation sites (N-methyl/N-ethyl adjacent to an activating group) is 1. The van der Waals surface area contributed by atoms with E-state index in [2.05, 4.69) is 4.90 Å². The average Bonchev–Trinajstić information content (AvgIpc) is 2.73. The van der Waals surface area contributed by atoms with Gasteiger partial charge in [0.25, 0.3) is 5.91 Å². The SMILES string of the molecule is C[C@H](Oc1cccc(C(F)(F)F)c1)C(=O)N(C)Cc1ccccc1N1CCOCC1. The molecule has 0 spiro atoms. The predicted octanol–water partition coefficient (Wildman–Crippen LogP) is 3.97. The minimum atomic E-state index is -4.47. The third-order valence-electron chi connectivity index (χ3n) is 4.95. The number of halogens is 3. The van der Waals surface area contributed by atoms with Crippen LogP contribution in [0, 0.1) is 0 Å². The van der Waals surface area contributed by atoms with Crippen LogP contribution in [0.1, 0.15) is 18.1 Å². The van der Waals surface area contributed by atoms with Crippen molar-refractivity contribution in [3.63, 3.8) is 0 Å². The van der Waals surface area contributed by atoms with E-state index in [9.17, 15) is 18.0 Å². The van der Waals surface area contributed by atoms with E-state index >= 15 is 0 Å². The molecule has 3 rings (SSSR count). The van der Waals surface area contributed by atoms with Gasteiger partial charge < -0.3 is 19.3 Å². The van der Waals surface area contributed by atoms with E-state index in [0.29, 0.717) is 19.8 Å². The van der Waals surface area contributed by atoms with E-state index in [-0.39, 0.29) is 11.7 Å². The van der Waals surface area contributed by atoms with E-state index in [4.69, 9.17) is 9.47 Å². The molecule has 1 fully saturated rings. The van der Waals surface area contributed by atoms with Crippen LogP contribution in [0.2, 0.25) is 0 Å². The zero-order valence-electron chi connectivity index (χ0n) is 17.0. The Kier molecular flexibility index (Phi) is 6.87. The molecule has 1 aliphatic rings. The Bertz CT molecular complexity index is 867. The summed E-state index contributed by atoms with van der Waals surface area (Å²) in [4.78, 5) is 16.5. The van der Waals surface area contributed by atoms with Gasteiger partial charge in [0.05, 0.1) is 18.8 Å². The van der Waals surface area contributed by atoms with E-state index in [0.717, 1.165) is 36.5 Å². The van der Waals surface area contributed by atoms with Gasteiger partial charge in [-0.15, -0.1) is 0 Å². The van der Waals surface area contributed by atoms with Crippen LogP contribution in [0.3, 0.4) is 0 Å². The topological polar surface area (TPSA) is 42.0 Å². The standard InChI is InChI=1S/C22H25F3N2O3/c1-16(30-19-8-5-7-18(14-19)22(23,24)25)21(28)26(2)15-17-6-3-4-9-20(17)27-10-12-29-13-11-27/h3-9,14,16H,10-13,15H2,1-2H3/t16-/m0/s1. The van der Waals surface area contributed by atoms with Crippen molar-refractivity contribution in [3.05, 3.63) is 59.7 Å². The van der Waals surface area contributed by atoms with Gasteiger partial charge in [-0.1, -0.05) is 24.3 Å². The van der Waals surface area contributed by atoms with Crippen LogP contribution in [-0.2, 0) is 22.3 Å². The van der Waals surface area contributed by atoms with E-state index in [1.807, 2.05) is 24.3 Å². The first-order chi connectivity index (χ1) is 14.3. The summed E-state index contributed by atoms with van der Waals surface area (Å²) in [5.41, 5.74) is 1.22. The molecule has 1 aliphatic heterocycles. The summed E-state index contributed by atoms with van der Waals surface area (Å²) in [5.74, 6) is -0.308. The van der Waals surface area contributed by atoms with Crippen LogP contribution in [-0.4, -0.2) is 50.3 Å². The Labute approximate surface area is 174 Å². The van der Waals surface area contributed by atoms with Crippen LogP contribution in [0.4, 0.5) is 18.9 Å². The number of ether oxygens (including phenoxy) is 2. The maximum absolute atomic E-state index is 12.9. The number of nitrogens with zero attached hydrogens (tertiary/aromatic N) is 2. The second-order valence-electron chi connectivity index (χ2n) is 7.21. The van der Waals surface area contributed by atoms with Crippen LogP contribution in [0.5, 0.6) is 5.75 Å². The molecule has 8 heteroatoms. The van der Waals surface area contributed by atoms with Gasteiger partial charge in [0.1, 0.15) is 5.75 Å². The van der Waals surface area contributed by atoms with Crippen molar-refractivity contribution in [2.24, 2.45) is 0 Å². The number of morpholine rings is 1. The van der Waals surface area contributed by atoms with Crippen LogP contribution in [0.25, 0.3) is 0 Å². The highest BCUT2D eigenvalue weighted by atomic mass is 19.4. The summed E-state index contributed by atoms with van der Waals surface area (Å²) in [7, 11) is 1.66. The molecule has 0 saturated carbocycles. The lowest BCUT2D eigenvalue weighted by atomic mass is 10.1. The van der Waals surface area contributed by atoms with Gasteiger partial charge in [-0.3, -0.25) is 4.79 Å². The normalized spacial score (nSPS) is 15.6. The monoisotopic (exact) mass is 422 g/mol. The number of benzene rings is 2. The van der Waals surface area contributed by atoms with Gasteiger partial charge in [0, 0.05) is 32.4 Å². The number of carbonyl (C=O) groups is 1. The molecule has 0 unspecified atom stereocenters. The average molecular weight is 422 g/mol. The molecular formula is C22H25F3N2O3. The number of hydrogen-bond acceptors (Lipinski definition) is 4. The van der Waals surface area contributed by atoms with Crippen LogP contribution < -0.4 is 9.64 Å². The summed E-state index contributed by atoms with van der Waals surface area (Å²) in [5, 5.41) is 0. The number of carbonyl (C=O) groups excluding carboxylic acids is 1. The molecule has 0 radical (unpaired) electrons. The molecule has 0 N–H and O–H groups in total. The van der Waals surface area contributed by atoms with Crippen molar-refractivity contribution in [1.82, 2.24) is 4.90 Å². The largest absolute Gasteiger partial charge is 0.481 e. The molecule has 0 aromatic heterocycles. The van der Waals surface area contributed by atoms with Gasteiger partial charge in [-0.05, 0) is 36.8 Å². The smallest absolute Gasteiger partial charge is 0.416 e. The van der Waals surface area contributed by atoms with E-state index in [1.165, 1.54) is 24.0 Å². The quantitative estimate of drug-likeness (QED) is 0.707. The van der Waals surface area contributed by atoms with E-state index in [1.54, 1.807) is 7.05 Å². The van der Waals surface area contributed by atoms with Crippen LogP contribution >= 0.6 is 0 Å². The highest BCUT2D eigenvalue weighted by Gasteiger charge is 2.31. The fourth-order valence-corrected chi connectivity index (χ4v) is 3.40. The van der Waals surface area contributed by atoms with Gasteiger partial charge in [-0.2, -0.15) is 13.2 Å². The Morgan fingerprint density at radius 1 is 1.17 bits per heavy atom. The van der Waals surface area contributed by atoms with Crippen molar-refractivity contribution in [3.8, 4) is 5.75 Å². The number of rotatable bonds is 6. The summed E-state index contributed by atoms with van der Waals surface area (Å²) in [6.45, 7) is 4.78. The van der Waals surface area contributed by atoms with Gasteiger partial charge in [-0.25, -0.2) is 0 Å². The number of para-hydroxylation sites is 1. The molecule has 1 saturated heterocycles. The Morgan fingerprint density at radius 2 is 1.87 bits per heavy atom. The maximum Gasteiger partial charge on any atom is 0.416 e. The fourth-order valence-electron chi connectivity index (χ4n) is 3.40. The highest BCUT2D eigenvalue weighted by molar-refractivity contribution is 5.80. The Hall–Kier alpha value is -2.74. The van der Waals surface area contributed by atoms with Crippen molar-refractivity contribution in [1.29, 1.82) is 0 Å². The lowest BCUT2D eigenvalue weighted by molar-refractivity contribution is -0.137. The second-order valence-corrected chi connectivity index (χ2v) is 7.21. The minimum Gasteiger partial charge on any atom is -0.481 e. The molecule has 2 aromatic carbocycles. The fraction of sp³-hybridized carbons (Fsp3) is 0.409. The lowest BCUT2D eigenvalue weighted by Crippen LogP contribution is -2.39. The number of anilines is 1. The second kappa shape index (κ2) is 9.38. The molecule has 30 heavy (non-hydrogen) atoms. The first-order valence-electron chi connectivity index (χ1n) is 9.75. The third-order valence-corrected chi connectivity index (χ3v) is 4.95. The number of hydrogen-bond donors (Lipinski definition) is 0. The Balaban J connectivity index is 1.66. The molecular weight excluding hydrogens is 397 g/mol. The van der Waals surface area contributed by atoms with E-state index < -0.39 is 17.8 Å². The zero-order chi connectivity index (χ0) is 21.7. The molecule has 5 nitrogen and oxygen atoms in total.